The topological polar surface area (TPSA) is 94.2 Å². The van der Waals surface area contributed by atoms with Crippen LogP contribution < -0.4 is 23.8 Å². The maximum atomic E-state index is 12.7. The van der Waals surface area contributed by atoms with E-state index < -0.39 is 22.0 Å². The number of benzene rings is 2. The quantitative estimate of drug-likeness (QED) is 0.560. The lowest BCUT2D eigenvalue weighted by Crippen LogP contribution is -2.48. The van der Waals surface area contributed by atoms with Crippen LogP contribution in [0.1, 0.15) is 18.1 Å². The molecule has 2 aromatic carbocycles. The first-order valence-electron chi connectivity index (χ1n) is 9.78. The summed E-state index contributed by atoms with van der Waals surface area (Å²) in [5.74, 6) is 1.05. The minimum absolute atomic E-state index is 0.221. The molecule has 0 radical (unpaired) electrons. The van der Waals surface area contributed by atoms with E-state index >= 15 is 0 Å². The fourth-order valence-electron chi connectivity index (χ4n) is 3.11. The van der Waals surface area contributed by atoms with Crippen LogP contribution in [-0.2, 0) is 14.8 Å². The molecule has 0 spiro atoms. The van der Waals surface area contributed by atoms with Crippen molar-refractivity contribution in [3.05, 3.63) is 47.5 Å². The summed E-state index contributed by atoms with van der Waals surface area (Å²) >= 11 is 0. The van der Waals surface area contributed by atoms with Crippen molar-refractivity contribution in [3.63, 3.8) is 0 Å². The molecule has 1 atom stereocenters. The van der Waals surface area contributed by atoms with Crippen LogP contribution in [0.5, 0.6) is 17.2 Å². The van der Waals surface area contributed by atoms with Crippen LogP contribution in [0, 0.1) is 13.8 Å². The summed E-state index contributed by atoms with van der Waals surface area (Å²) < 4.78 is 42.4. The molecule has 0 aromatic heterocycles. The highest BCUT2D eigenvalue weighted by Gasteiger charge is 2.31. The molecule has 0 aliphatic rings. The van der Waals surface area contributed by atoms with E-state index in [2.05, 4.69) is 5.32 Å². The van der Waals surface area contributed by atoms with Gasteiger partial charge in [-0.15, -0.1) is 0 Å². The number of carbonyl (C=O) groups is 1. The molecule has 31 heavy (non-hydrogen) atoms. The fourth-order valence-corrected chi connectivity index (χ4v) is 4.28. The van der Waals surface area contributed by atoms with Crippen LogP contribution in [0.4, 0.5) is 5.69 Å². The molecule has 0 aliphatic carbocycles. The van der Waals surface area contributed by atoms with E-state index in [0.717, 1.165) is 27.4 Å². The van der Waals surface area contributed by atoms with E-state index in [0.29, 0.717) is 11.5 Å². The normalized spacial score (nSPS) is 12.1. The van der Waals surface area contributed by atoms with Crippen LogP contribution in [0.25, 0.3) is 0 Å². The first-order valence-corrected chi connectivity index (χ1v) is 11.6. The van der Waals surface area contributed by atoms with Crippen molar-refractivity contribution >= 4 is 21.6 Å². The Labute approximate surface area is 184 Å². The van der Waals surface area contributed by atoms with Gasteiger partial charge in [-0.3, -0.25) is 9.10 Å². The molecule has 0 heterocycles. The lowest BCUT2D eigenvalue weighted by molar-refractivity contribution is -0.121. The molecule has 2 aromatic rings. The second-order valence-corrected chi connectivity index (χ2v) is 8.97. The molecular formula is C22H30N2O6S. The number of methoxy groups -OCH3 is 2. The lowest BCUT2D eigenvalue weighted by atomic mass is 10.1. The van der Waals surface area contributed by atoms with E-state index in [9.17, 15) is 13.2 Å². The van der Waals surface area contributed by atoms with Crippen molar-refractivity contribution in [1.82, 2.24) is 5.32 Å². The van der Waals surface area contributed by atoms with Crippen molar-refractivity contribution in [2.45, 2.75) is 26.8 Å². The zero-order valence-electron chi connectivity index (χ0n) is 18.8. The summed E-state index contributed by atoms with van der Waals surface area (Å²) in [5.41, 5.74) is 2.38. The summed E-state index contributed by atoms with van der Waals surface area (Å²) in [7, 11) is -0.892. The van der Waals surface area contributed by atoms with Gasteiger partial charge in [-0.05, 0) is 50.1 Å². The maximum Gasteiger partial charge on any atom is 0.243 e. The van der Waals surface area contributed by atoms with Crippen molar-refractivity contribution in [2.24, 2.45) is 0 Å². The second-order valence-electron chi connectivity index (χ2n) is 7.11. The average Bonchev–Trinajstić information content (AvgIpc) is 2.72. The number of rotatable bonds is 10. The fraction of sp³-hybridized carbons (Fsp3) is 0.409. The Balaban J connectivity index is 2.13. The Bertz CT molecular complexity index is 1020. The minimum Gasteiger partial charge on any atom is -0.497 e. The molecule has 1 N–H and O–H groups in total. The number of nitrogens with zero attached hydrogens (tertiary/aromatic N) is 1. The molecule has 8 nitrogen and oxygen atoms in total. The molecule has 0 saturated heterocycles. The monoisotopic (exact) mass is 450 g/mol. The van der Waals surface area contributed by atoms with E-state index in [1.54, 1.807) is 12.1 Å². The molecule has 0 fully saturated rings. The number of hydrogen-bond donors (Lipinski definition) is 1. The Morgan fingerprint density at radius 1 is 1.10 bits per heavy atom. The Kier molecular flexibility index (Phi) is 8.15. The Morgan fingerprint density at radius 3 is 2.42 bits per heavy atom. The first-order chi connectivity index (χ1) is 14.6. The van der Waals surface area contributed by atoms with Gasteiger partial charge in [-0.1, -0.05) is 12.1 Å². The predicted molar refractivity (Wildman–Crippen MR) is 121 cm³/mol. The Morgan fingerprint density at radius 2 is 1.81 bits per heavy atom. The third kappa shape index (κ3) is 6.04. The highest BCUT2D eigenvalue weighted by Crippen LogP contribution is 2.35. The lowest BCUT2D eigenvalue weighted by Gasteiger charge is -2.29. The van der Waals surface area contributed by atoms with Gasteiger partial charge >= 0.3 is 0 Å². The third-order valence-electron chi connectivity index (χ3n) is 4.93. The molecule has 2 rings (SSSR count). The highest BCUT2D eigenvalue weighted by molar-refractivity contribution is 7.92. The number of amides is 1. The number of sulfonamides is 1. The largest absolute Gasteiger partial charge is 0.497 e. The van der Waals surface area contributed by atoms with Gasteiger partial charge in [0.1, 0.15) is 29.9 Å². The van der Waals surface area contributed by atoms with E-state index in [1.165, 1.54) is 27.2 Å². The molecule has 0 aliphatic heterocycles. The molecular weight excluding hydrogens is 420 g/mol. The van der Waals surface area contributed by atoms with Crippen molar-refractivity contribution in [2.75, 3.05) is 37.9 Å². The molecule has 0 saturated carbocycles. The van der Waals surface area contributed by atoms with Crippen molar-refractivity contribution in [1.29, 1.82) is 0 Å². The zero-order chi connectivity index (χ0) is 23.2. The Hall–Kier alpha value is -2.94. The third-order valence-corrected chi connectivity index (χ3v) is 6.15. The maximum absolute atomic E-state index is 12.7. The molecule has 0 unspecified atom stereocenters. The van der Waals surface area contributed by atoms with Crippen LogP contribution in [0.2, 0.25) is 0 Å². The molecule has 9 heteroatoms. The highest BCUT2D eigenvalue weighted by atomic mass is 32.2. The summed E-state index contributed by atoms with van der Waals surface area (Å²) in [6.45, 7) is 5.96. The van der Waals surface area contributed by atoms with Gasteiger partial charge in [0.2, 0.25) is 15.9 Å². The van der Waals surface area contributed by atoms with Crippen molar-refractivity contribution < 1.29 is 27.4 Å². The van der Waals surface area contributed by atoms with Gasteiger partial charge < -0.3 is 19.5 Å². The second kappa shape index (κ2) is 10.4. The van der Waals surface area contributed by atoms with Crippen LogP contribution >= 0.6 is 0 Å². The number of anilines is 1. The molecule has 0 bridgehead atoms. The van der Waals surface area contributed by atoms with E-state index in [-0.39, 0.29) is 18.8 Å². The summed E-state index contributed by atoms with van der Waals surface area (Å²) in [4.78, 5) is 12.7. The number of aryl methyl sites for hydroxylation is 1. The minimum atomic E-state index is -3.80. The first kappa shape index (κ1) is 24.3. The van der Waals surface area contributed by atoms with Gasteiger partial charge in [-0.2, -0.15) is 0 Å². The van der Waals surface area contributed by atoms with Gasteiger partial charge in [0.15, 0.2) is 0 Å². The number of carbonyl (C=O) groups excluding carboxylic acids is 1. The summed E-state index contributed by atoms with van der Waals surface area (Å²) in [6, 6.07) is 9.52. The standard InChI is InChI=1S/C22H30N2O6S/c1-15-8-7-9-20(16(15)2)30-13-12-23-22(25)17(3)24(31(6,26)27)19-14-18(28-4)10-11-21(19)29-5/h7-11,14,17H,12-13H2,1-6H3,(H,23,25)/t17-/m1/s1. The van der Waals surface area contributed by atoms with Gasteiger partial charge in [-0.25, -0.2) is 8.42 Å². The van der Waals surface area contributed by atoms with Gasteiger partial charge in [0.25, 0.3) is 0 Å². The number of nitrogens with one attached hydrogen (secondary N) is 1. The molecule has 170 valence electrons. The van der Waals surface area contributed by atoms with Gasteiger partial charge in [0, 0.05) is 6.07 Å². The molecule has 1 amide bonds. The number of hydrogen-bond acceptors (Lipinski definition) is 6. The summed E-state index contributed by atoms with van der Waals surface area (Å²) in [6.07, 6.45) is 1.04. The zero-order valence-corrected chi connectivity index (χ0v) is 19.6. The smallest absolute Gasteiger partial charge is 0.243 e. The van der Waals surface area contributed by atoms with E-state index in [1.807, 2.05) is 32.0 Å². The van der Waals surface area contributed by atoms with E-state index in [4.69, 9.17) is 14.2 Å². The van der Waals surface area contributed by atoms with Crippen molar-refractivity contribution in [3.8, 4) is 17.2 Å². The van der Waals surface area contributed by atoms with Crippen LogP contribution in [0.3, 0.4) is 0 Å². The predicted octanol–water partition coefficient (Wildman–Crippen LogP) is 2.67. The average molecular weight is 451 g/mol. The van der Waals surface area contributed by atoms with Crippen LogP contribution in [0.15, 0.2) is 36.4 Å². The number of ether oxygens (including phenoxy) is 3. The van der Waals surface area contributed by atoms with Crippen LogP contribution in [-0.4, -0.2) is 54.0 Å². The SMILES string of the molecule is COc1ccc(OC)c(N([C@H](C)C(=O)NCCOc2cccc(C)c2C)S(C)(=O)=O)c1. The van der Waals surface area contributed by atoms with Gasteiger partial charge in [0.05, 0.1) is 32.7 Å². The summed E-state index contributed by atoms with van der Waals surface area (Å²) in [5, 5.41) is 2.73.